The number of aromatic nitrogens is 1. The van der Waals surface area contributed by atoms with E-state index in [1.807, 2.05) is 24.4 Å². The summed E-state index contributed by atoms with van der Waals surface area (Å²) in [4.78, 5) is 0. The maximum absolute atomic E-state index is 13.4. The predicted octanol–water partition coefficient (Wildman–Crippen LogP) is 5.61. The van der Waals surface area contributed by atoms with Crippen molar-refractivity contribution in [1.29, 1.82) is 0 Å². The van der Waals surface area contributed by atoms with Gasteiger partial charge in [-0.3, -0.25) is 5.43 Å². The molecule has 4 nitrogen and oxygen atoms in total. The van der Waals surface area contributed by atoms with Crippen molar-refractivity contribution >= 4 is 46.0 Å². The van der Waals surface area contributed by atoms with Crippen LogP contribution in [-0.4, -0.2) is 21.9 Å². The lowest BCUT2D eigenvalue weighted by molar-refractivity contribution is 0.412. The average molecular weight is 443 g/mol. The molecule has 2 aromatic carbocycles. The van der Waals surface area contributed by atoms with Crippen molar-refractivity contribution in [3.63, 3.8) is 0 Å². The van der Waals surface area contributed by atoms with E-state index in [0.717, 1.165) is 34.9 Å². The number of halogens is 2. The summed E-state index contributed by atoms with van der Waals surface area (Å²) in [5.41, 5.74) is 5.82. The SMILES string of the molecule is Fc1ccc(Cn2cc(C=NNC(=S)NC3CCCCC3)c3ccccc32)c(Cl)c1. The second-order valence-corrected chi connectivity index (χ2v) is 8.46. The molecule has 0 aliphatic heterocycles. The van der Waals surface area contributed by atoms with Crippen LogP contribution in [-0.2, 0) is 6.54 Å². The number of thiocarbonyl (C=S) groups is 1. The van der Waals surface area contributed by atoms with Crippen molar-refractivity contribution in [2.45, 2.75) is 44.7 Å². The monoisotopic (exact) mass is 442 g/mol. The quantitative estimate of drug-likeness (QED) is 0.306. The molecule has 0 unspecified atom stereocenters. The topological polar surface area (TPSA) is 41.4 Å². The summed E-state index contributed by atoms with van der Waals surface area (Å²) in [7, 11) is 0. The minimum Gasteiger partial charge on any atom is -0.359 e. The lowest BCUT2D eigenvalue weighted by Gasteiger charge is -2.23. The summed E-state index contributed by atoms with van der Waals surface area (Å²) in [5.74, 6) is -0.335. The number of fused-ring (bicyclic) bond motifs is 1. The number of hydrogen-bond donors (Lipinski definition) is 2. The highest BCUT2D eigenvalue weighted by Crippen LogP contribution is 2.24. The molecule has 2 N–H and O–H groups in total. The number of nitrogens with zero attached hydrogens (tertiary/aromatic N) is 2. The van der Waals surface area contributed by atoms with Gasteiger partial charge in [-0.25, -0.2) is 4.39 Å². The molecule has 3 aromatic rings. The third-order valence-electron chi connectivity index (χ3n) is 5.49. The summed E-state index contributed by atoms with van der Waals surface area (Å²) >= 11 is 11.6. The third-order valence-corrected chi connectivity index (χ3v) is 6.05. The summed E-state index contributed by atoms with van der Waals surface area (Å²) in [6.45, 7) is 0.544. The molecule has 30 heavy (non-hydrogen) atoms. The minimum atomic E-state index is -0.335. The fraction of sp³-hybridized carbons (Fsp3) is 0.304. The highest BCUT2D eigenvalue weighted by molar-refractivity contribution is 7.80. The molecule has 0 amide bonds. The molecule has 0 radical (unpaired) electrons. The molecule has 0 saturated heterocycles. The lowest BCUT2D eigenvalue weighted by Crippen LogP contribution is -2.40. The molecule has 7 heteroatoms. The predicted molar refractivity (Wildman–Crippen MR) is 126 cm³/mol. The maximum atomic E-state index is 13.4. The van der Waals surface area contributed by atoms with E-state index in [1.165, 1.54) is 31.4 Å². The molecule has 1 heterocycles. The van der Waals surface area contributed by atoms with Gasteiger partial charge in [-0.15, -0.1) is 0 Å². The van der Waals surface area contributed by atoms with Crippen molar-refractivity contribution in [2.24, 2.45) is 5.10 Å². The van der Waals surface area contributed by atoms with Gasteiger partial charge in [0.15, 0.2) is 5.11 Å². The zero-order valence-electron chi connectivity index (χ0n) is 16.6. The highest BCUT2D eigenvalue weighted by atomic mass is 35.5. The molecule has 0 bridgehead atoms. The van der Waals surface area contributed by atoms with Crippen molar-refractivity contribution in [3.05, 3.63) is 70.6 Å². The Hall–Kier alpha value is -2.44. The van der Waals surface area contributed by atoms with E-state index in [0.29, 0.717) is 22.7 Å². The minimum absolute atomic E-state index is 0.335. The molecule has 0 atom stereocenters. The van der Waals surface area contributed by atoms with Gasteiger partial charge in [0.05, 0.1) is 6.21 Å². The zero-order chi connectivity index (χ0) is 20.9. The van der Waals surface area contributed by atoms with Crippen LogP contribution in [0.3, 0.4) is 0 Å². The molecule has 156 valence electrons. The smallest absolute Gasteiger partial charge is 0.187 e. The lowest BCUT2D eigenvalue weighted by atomic mass is 9.96. The van der Waals surface area contributed by atoms with Gasteiger partial charge in [0, 0.05) is 40.3 Å². The van der Waals surface area contributed by atoms with Crippen molar-refractivity contribution in [2.75, 3.05) is 0 Å². The van der Waals surface area contributed by atoms with Crippen molar-refractivity contribution in [1.82, 2.24) is 15.3 Å². The van der Waals surface area contributed by atoms with E-state index in [1.54, 1.807) is 12.3 Å². The zero-order valence-corrected chi connectivity index (χ0v) is 18.1. The molecular formula is C23H24ClFN4S. The number of hydrazone groups is 1. The average Bonchev–Trinajstić information content (AvgIpc) is 3.08. The van der Waals surface area contributed by atoms with Crippen LogP contribution in [0.4, 0.5) is 4.39 Å². The largest absolute Gasteiger partial charge is 0.359 e. The Morgan fingerprint density at radius 1 is 1.20 bits per heavy atom. The first kappa shape index (κ1) is 20.8. The van der Waals surface area contributed by atoms with Gasteiger partial charge in [-0.2, -0.15) is 5.10 Å². The van der Waals surface area contributed by atoms with Gasteiger partial charge < -0.3 is 9.88 Å². The van der Waals surface area contributed by atoms with Crippen LogP contribution >= 0.6 is 23.8 Å². The van der Waals surface area contributed by atoms with Gasteiger partial charge in [0.25, 0.3) is 0 Å². The van der Waals surface area contributed by atoms with Crippen molar-refractivity contribution in [3.8, 4) is 0 Å². The molecule has 4 rings (SSSR count). The Morgan fingerprint density at radius 2 is 2.00 bits per heavy atom. The molecule has 1 saturated carbocycles. The van der Waals surface area contributed by atoms with E-state index in [-0.39, 0.29) is 5.82 Å². The van der Waals surface area contributed by atoms with Crippen LogP contribution in [0.2, 0.25) is 5.02 Å². The fourth-order valence-electron chi connectivity index (χ4n) is 3.97. The van der Waals surface area contributed by atoms with Crippen LogP contribution in [0.15, 0.2) is 53.8 Å². The highest BCUT2D eigenvalue weighted by Gasteiger charge is 2.14. The Labute approximate surface area is 186 Å². The maximum Gasteiger partial charge on any atom is 0.187 e. The third kappa shape index (κ3) is 4.99. The summed E-state index contributed by atoms with van der Waals surface area (Å²) in [6.07, 6.45) is 9.93. The van der Waals surface area contributed by atoms with Gasteiger partial charge >= 0.3 is 0 Å². The van der Waals surface area contributed by atoms with E-state index in [4.69, 9.17) is 23.8 Å². The summed E-state index contributed by atoms with van der Waals surface area (Å²) < 4.78 is 15.5. The number of para-hydroxylation sites is 1. The van der Waals surface area contributed by atoms with E-state index in [9.17, 15) is 4.39 Å². The molecule has 0 spiro atoms. The molecule has 1 aliphatic carbocycles. The normalized spacial score (nSPS) is 15.0. The molecule has 1 aliphatic rings. The van der Waals surface area contributed by atoms with Crippen LogP contribution in [0.1, 0.15) is 43.2 Å². The molecule has 1 fully saturated rings. The van der Waals surface area contributed by atoms with Crippen LogP contribution in [0, 0.1) is 5.82 Å². The van der Waals surface area contributed by atoms with E-state index in [2.05, 4.69) is 26.5 Å². The number of nitrogens with one attached hydrogen (secondary N) is 2. The second kappa shape index (κ2) is 9.58. The van der Waals surface area contributed by atoms with E-state index >= 15 is 0 Å². The van der Waals surface area contributed by atoms with Gasteiger partial charge in [-0.05, 0) is 48.8 Å². The molecule has 1 aromatic heterocycles. The van der Waals surface area contributed by atoms with Crippen LogP contribution < -0.4 is 10.7 Å². The number of benzene rings is 2. The number of rotatable bonds is 5. The van der Waals surface area contributed by atoms with Gasteiger partial charge in [0.2, 0.25) is 0 Å². The van der Waals surface area contributed by atoms with Crippen LogP contribution in [0.25, 0.3) is 10.9 Å². The van der Waals surface area contributed by atoms with E-state index < -0.39 is 0 Å². The Bertz CT molecular complexity index is 1070. The Morgan fingerprint density at radius 3 is 2.80 bits per heavy atom. The van der Waals surface area contributed by atoms with Gasteiger partial charge in [-0.1, -0.05) is 55.1 Å². The Balaban J connectivity index is 1.49. The first-order valence-corrected chi connectivity index (χ1v) is 11.0. The van der Waals surface area contributed by atoms with Crippen LogP contribution in [0.5, 0.6) is 0 Å². The summed E-state index contributed by atoms with van der Waals surface area (Å²) in [6, 6.07) is 13.0. The second-order valence-electron chi connectivity index (χ2n) is 7.64. The number of hydrogen-bond acceptors (Lipinski definition) is 2. The Kier molecular flexibility index (Phi) is 6.65. The summed E-state index contributed by atoms with van der Waals surface area (Å²) in [5, 5.41) is 9.74. The fourth-order valence-corrected chi connectivity index (χ4v) is 4.41. The first-order valence-electron chi connectivity index (χ1n) is 10.2. The van der Waals surface area contributed by atoms with Crippen molar-refractivity contribution < 1.29 is 4.39 Å². The molecular weight excluding hydrogens is 419 g/mol. The van der Waals surface area contributed by atoms with Gasteiger partial charge in [0.1, 0.15) is 5.82 Å². The first-order chi connectivity index (χ1) is 14.6. The standard InChI is InChI=1S/C23H24ClFN4S/c24-21-12-18(25)11-10-16(21)14-29-15-17(20-8-4-5-9-22(20)29)13-26-28-23(30)27-19-6-2-1-3-7-19/h4-5,8-13,15,19H,1-3,6-7,14H2,(H2,27,28,30).